The van der Waals surface area contributed by atoms with E-state index in [1.807, 2.05) is 24.3 Å². The third-order valence-corrected chi connectivity index (χ3v) is 6.87. The van der Waals surface area contributed by atoms with Crippen LogP contribution in [0.4, 0.5) is 5.69 Å². The number of para-hydroxylation sites is 1. The Bertz CT molecular complexity index is 1270. The number of benzene rings is 2. The molecule has 0 aliphatic heterocycles. The van der Waals surface area contributed by atoms with Crippen LogP contribution in [0.25, 0.3) is 21.5 Å². The van der Waals surface area contributed by atoms with Gasteiger partial charge in [0, 0.05) is 22.2 Å². The number of furan rings is 1. The molecule has 4 rings (SSSR count). The number of aromatic nitrogens is 1. The van der Waals surface area contributed by atoms with Crippen molar-refractivity contribution in [1.29, 1.82) is 0 Å². The fourth-order valence-corrected chi connectivity index (χ4v) is 5.05. The van der Waals surface area contributed by atoms with Crippen LogP contribution in [0.3, 0.4) is 0 Å². The van der Waals surface area contributed by atoms with E-state index >= 15 is 0 Å². The third kappa shape index (κ3) is 5.19. The van der Waals surface area contributed by atoms with Gasteiger partial charge in [-0.25, -0.2) is 10.4 Å². The number of nitro benzene ring substituents is 1. The summed E-state index contributed by atoms with van der Waals surface area (Å²) in [6.45, 7) is 0. The van der Waals surface area contributed by atoms with Gasteiger partial charge < -0.3 is 4.42 Å². The van der Waals surface area contributed by atoms with Crippen LogP contribution in [-0.2, 0) is 4.79 Å². The second-order valence-corrected chi connectivity index (χ2v) is 9.26. The molecule has 0 bridgehead atoms. The van der Waals surface area contributed by atoms with Crippen molar-refractivity contribution in [3.8, 4) is 11.3 Å². The molecule has 0 saturated carbocycles. The second-order valence-electron chi connectivity index (χ2n) is 6.15. The lowest BCUT2D eigenvalue weighted by molar-refractivity contribution is -0.384. The summed E-state index contributed by atoms with van der Waals surface area (Å²) in [7, 11) is 0. The largest absolute Gasteiger partial charge is 0.455 e. The van der Waals surface area contributed by atoms with Gasteiger partial charge in [0.15, 0.2) is 4.34 Å². The number of nitro groups is 1. The number of thiazole rings is 1. The van der Waals surface area contributed by atoms with E-state index in [1.54, 1.807) is 29.5 Å². The zero-order chi connectivity index (χ0) is 21.8. The lowest BCUT2D eigenvalue weighted by atomic mass is 10.1. The first-order valence-corrected chi connectivity index (χ1v) is 11.4. The molecule has 0 aliphatic rings. The van der Waals surface area contributed by atoms with E-state index in [0.29, 0.717) is 21.6 Å². The predicted octanol–water partition coefficient (Wildman–Crippen LogP) is 5.47. The summed E-state index contributed by atoms with van der Waals surface area (Å²) in [6.07, 6.45) is 1.39. The van der Waals surface area contributed by atoms with Crippen molar-refractivity contribution >= 4 is 67.1 Å². The predicted molar refractivity (Wildman–Crippen MR) is 125 cm³/mol. The zero-order valence-corrected chi connectivity index (χ0v) is 18.9. The molecule has 11 heteroatoms. The van der Waals surface area contributed by atoms with Gasteiger partial charge in [0.05, 0.1) is 27.1 Å². The lowest BCUT2D eigenvalue weighted by Crippen LogP contribution is -2.19. The number of amides is 1. The summed E-state index contributed by atoms with van der Waals surface area (Å²) in [5.41, 5.74) is 4.03. The number of carbonyl (C=O) groups is 1. The molecule has 0 aliphatic carbocycles. The molecule has 0 atom stereocenters. The van der Waals surface area contributed by atoms with Crippen LogP contribution in [0, 0.1) is 10.1 Å². The number of carbonyl (C=O) groups excluding carboxylic acids is 1. The van der Waals surface area contributed by atoms with Crippen LogP contribution >= 0.6 is 39.0 Å². The van der Waals surface area contributed by atoms with Crippen molar-refractivity contribution in [3.63, 3.8) is 0 Å². The van der Waals surface area contributed by atoms with E-state index < -0.39 is 4.92 Å². The van der Waals surface area contributed by atoms with Gasteiger partial charge >= 0.3 is 0 Å². The van der Waals surface area contributed by atoms with Gasteiger partial charge in [-0.2, -0.15) is 5.10 Å². The van der Waals surface area contributed by atoms with Gasteiger partial charge in [0.1, 0.15) is 11.5 Å². The molecule has 8 nitrogen and oxygen atoms in total. The molecule has 1 N–H and O–H groups in total. The zero-order valence-electron chi connectivity index (χ0n) is 15.6. The van der Waals surface area contributed by atoms with Crippen molar-refractivity contribution in [3.05, 3.63) is 74.9 Å². The van der Waals surface area contributed by atoms with E-state index in [4.69, 9.17) is 4.42 Å². The van der Waals surface area contributed by atoms with Gasteiger partial charge in [-0.1, -0.05) is 23.9 Å². The second kappa shape index (κ2) is 9.41. The fourth-order valence-electron chi connectivity index (χ4n) is 2.62. The minimum absolute atomic E-state index is 0.0182. The highest BCUT2D eigenvalue weighted by Gasteiger charge is 2.13. The molecular formula is C20H13BrN4O4S2. The Labute approximate surface area is 192 Å². The summed E-state index contributed by atoms with van der Waals surface area (Å²) in [5, 5.41) is 14.8. The van der Waals surface area contributed by atoms with E-state index in [2.05, 4.69) is 31.4 Å². The average molecular weight is 517 g/mol. The van der Waals surface area contributed by atoms with Gasteiger partial charge in [-0.15, -0.1) is 11.3 Å². The van der Waals surface area contributed by atoms with Crippen LogP contribution in [0.1, 0.15) is 5.76 Å². The smallest absolute Gasteiger partial charge is 0.270 e. The number of fused-ring (bicyclic) bond motifs is 1. The number of halogens is 1. The van der Waals surface area contributed by atoms with Crippen molar-refractivity contribution in [1.82, 2.24) is 10.4 Å². The van der Waals surface area contributed by atoms with Crippen LogP contribution in [-0.4, -0.2) is 27.8 Å². The number of hydrazone groups is 1. The molecule has 1 amide bonds. The Morgan fingerprint density at radius 3 is 2.90 bits per heavy atom. The first kappa shape index (κ1) is 21.2. The highest BCUT2D eigenvalue weighted by atomic mass is 79.9. The maximum absolute atomic E-state index is 12.0. The van der Waals surface area contributed by atoms with Crippen molar-refractivity contribution in [2.75, 3.05) is 5.75 Å². The number of non-ortho nitro benzene ring substituents is 1. The minimum Gasteiger partial charge on any atom is -0.455 e. The maximum Gasteiger partial charge on any atom is 0.270 e. The lowest BCUT2D eigenvalue weighted by Gasteiger charge is -2.00. The number of hydrogen-bond donors (Lipinski definition) is 1. The Hall–Kier alpha value is -3.02. The molecular weight excluding hydrogens is 504 g/mol. The maximum atomic E-state index is 12.0. The first-order chi connectivity index (χ1) is 15.0. The number of nitrogens with one attached hydrogen (secondary N) is 1. The van der Waals surface area contributed by atoms with Crippen molar-refractivity contribution in [2.45, 2.75) is 4.34 Å². The van der Waals surface area contributed by atoms with E-state index in [0.717, 1.165) is 14.6 Å². The van der Waals surface area contributed by atoms with E-state index in [-0.39, 0.29) is 17.3 Å². The highest BCUT2D eigenvalue weighted by molar-refractivity contribution is 9.10. The monoisotopic (exact) mass is 516 g/mol. The first-order valence-electron chi connectivity index (χ1n) is 8.84. The Morgan fingerprint density at radius 1 is 1.29 bits per heavy atom. The molecule has 0 saturated heterocycles. The standard InChI is InChI=1S/C20H13BrN4O4S2/c21-15-9-12(25(27)28)5-7-14(15)17-8-6-13(29-17)10-22-24-19(26)11-30-20-23-16-3-1-2-4-18(16)31-20/h1-10H,11H2,(H,24,26)/b22-10-. The van der Waals surface area contributed by atoms with Crippen LogP contribution in [0.5, 0.6) is 0 Å². The Balaban J connectivity index is 1.32. The topological polar surface area (TPSA) is 111 Å². The molecule has 156 valence electrons. The van der Waals surface area contributed by atoms with E-state index in [9.17, 15) is 14.9 Å². The van der Waals surface area contributed by atoms with Gasteiger partial charge in [0.2, 0.25) is 0 Å². The molecule has 0 fully saturated rings. The molecule has 2 heterocycles. The van der Waals surface area contributed by atoms with Crippen molar-refractivity contribution in [2.24, 2.45) is 5.10 Å². The van der Waals surface area contributed by atoms with Crippen LogP contribution < -0.4 is 5.43 Å². The molecule has 4 aromatic rings. The summed E-state index contributed by atoms with van der Waals surface area (Å²) in [4.78, 5) is 26.9. The summed E-state index contributed by atoms with van der Waals surface area (Å²) >= 11 is 6.21. The molecule has 2 aromatic heterocycles. The number of rotatable bonds is 7. The quantitative estimate of drug-likeness (QED) is 0.151. The highest BCUT2D eigenvalue weighted by Crippen LogP contribution is 2.32. The van der Waals surface area contributed by atoms with Crippen molar-refractivity contribution < 1.29 is 14.1 Å². The number of hydrogen-bond acceptors (Lipinski definition) is 8. The van der Waals surface area contributed by atoms with Crippen LogP contribution in [0.2, 0.25) is 0 Å². The molecule has 0 unspecified atom stereocenters. The molecule has 0 spiro atoms. The summed E-state index contributed by atoms with van der Waals surface area (Å²) < 4.78 is 8.13. The SMILES string of the molecule is O=C(CSc1nc2ccccc2s1)N/N=C\c1ccc(-c2ccc([N+](=O)[O-])cc2Br)o1. The van der Waals surface area contributed by atoms with Gasteiger partial charge in [-0.3, -0.25) is 14.9 Å². The van der Waals surface area contributed by atoms with Gasteiger partial charge in [0.25, 0.3) is 11.6 Å². The third-order valence-electron chi connectivity index (χ3n) is 4.04. The summed E-state index contributed by atoms with van der Waals surface area (Å²) in [6, 6.07) is 15.6. The number of nitrogens with zero attached hydrogens (tertiary/aromatic N) is 3. The van der Waals surface area contributed by atoms with Crippen LogP contribution in [0.15, 0.2) is 72.9 Å². The van der Waals surface area contributed by atoms with E-state index in [1.165, 1.54) is 30.1 Å². The average Bonchev–Trinajstić information content (AvgIpc) is 3.38. The minimum atomic E-state index is -0.466. The fraction of sp³-hybridized carbons (Fsp3) is 0.0500. The molecule has 2 aromatic carbocycles. The Morgan fingerprint density at radius 2 is 2.13 bits per heavy atom. The number of thioether (sulfide) groups is 1. The summed E-state index contributed by atoms with van der Waals surface area (Å²) in [5.74, 6) is 0.877. The molecule has 0 radical (unpaired) electrons. The molecule has 31 heavy (non-hydrogen) atoms. The van der Waals surface area contributed by atoms with Gasteiger partial charge in [-0.05, 0) is 46.3 Å². The normalized spacial score (nSPS) is 11.3. The Kier molecular flexibility index (Phi) is 6.44.